The second-order valence-corrected chi connectivity index (χ2v) is 5.87. The van der Waals surface area contributed by atoms with E-state index in [0.29, 0.717) is 5.95 Å². The zero-order valence-corrected chi connectivity index (χ0v) is 14.0. The summed E-state index contributed by atoms with van der Waals surface area (Å²) >= 11 is 1.20. The molecule has 0 radical (unpaired) electrons. The molecule has 0 saturated heterocycles. The largest absolute Gasteiger partial charge is 0.399 e. The van der Waals surface area contributed by atoms with Crippen LogP contribution in [-0.2, 0) is 0 Å². The fraction of sp³-hybridized carbons (Fsp3) is 0.0588. The predicted molar refractivity (Wildman–Crippen MR) is 101 cm³/mol. The molecule has 7 heteroatoms. The van der Waals surface area contributed by atoms with Crippen molar-refractivity contribution in [3.8, 4) is 0 Å². The highest BCUT2D eigenvalue weighted by atomic mass is 32.2. The van der Waals surface area contributed by atoms with E-state index in [1.165, 1.54) is 11.9 Å². The predicted octanol–water partition coefficient (Wildman–Crippen LogP) is 3.54. The van der Waals surface area contributed by atoms with E-state index < -0.39 is 0 Å². The first-order valence-corrected chi connectivity index (χ1v) is 8.20. The van der Waals surface area contributed by atoms with Crippen LogP contribution in [0.25, 0.3) is 0 Å². The summed E-state index contributed by atoms with van der Waals surface area (Å²) in [6, 6.07) is 17.3. The molecule has 2 aromatic carbocycles. The lowest BCUT2D eigenvalue weighted by molar-refractivity contribution is 1.08. The highest BCUT2D eigenvalue weighted by Crippen LogP contribution is 2.24. The van der Waals surface area contributed by atoms with E-state index in [4.69, 9.17) is 10.9 Å². The van der Waals surface area contributed by atoms with Crippen LogP contribution in [0.1, 0.15) is 0 Å². The summed E-state index contributed by atoms with van der Waals surface area (Å²) < 4.78 is 0. The van der Waals surface area contributed by atoms with Crippen LogP contribution >= 0.6 is 11.9 Å². The first kappa shape index (κ1) is 16.1. The van der Waals surface area contributed by atoms with Gasteiger partial charge in [0.15, 0.2) is 0 Å². The van der Waals surface area contributed by atoms with E-state index in [0.717, 1.165) is 27.8 Å². The molecule has 1 heterocycles. The minimum absolute atomic E-state index is 0.522. The van der Waals surface area contributed by atoms with Crippen LogP contribution in [0.3, 0.4) is 0 Å². The van der Waals surface area contributed by atoms with Gasteiger partial charge in [-0.3, -0.25) is 5.14 Å². The third-order valence-electron chi connectivity index (χ3n) is 3.49. The molecule has 0 amide bonds. The Morgan fingerprint density at radius 1 is 1.08 bits per heavy atom. The van der Waals surface area contributed by atoms with Crippen LogP contribution in [0.4, 0.5) is 28.8 Å². The van der Waals surface area contributed by atoms with Crippen LogP contribution in [0, 0.1) is 0 Å². The molecule has 0 saturated carbocycles. The van der Waals surface area contributed by atoms with Crippen molar-refractivity contribution in [2.45, 2.75) is 4.90 Å². The first-order valence-electron chi connectivity index (χ1n) is 7.32. The second-order valence-electron chi connectivity index (χ2n) is 5.16. The molecule has 24 heavy (non-hydrogen) atoms. The van der Waals surface area contributed by atoms with Gasteiger partial charge in [0.1, 0.15) is 5.82 Å². The highest BCUT2D eigenvalue weighted by molar-refractivity contribution is 7.97. The summed E-state index contributed by atoms with van der Waals surface area (Å²) in [5.74, 6) is 1.30. The molecule has 5 N–H and O–H groups in total. The average Bonchev–Trinajstić information content (AvgIpc) is 2.62. The quantitative estimate of drug-likeness (QED) is 0.484. The fourth-order valence-electron chi connectivity index (χ4n) is 2.20. The minimum Gasteiger partial charge on any atom is -0.399 e. The van der Waals surface area contributed by atoms with Gasteiger partial charge in [0.05, 0.1) is 0 Å². The third-order valence-corrected chi connectivity index (χ3v) is 4.02. The number of nitrogen functional groups attached to an aromatic ring is 1. The second kappa shape index (κ2) is 7.20. The summed E-state index contributed by atoms with van der Waals surface area (Å²) in [6.45, 7) is 0. The van der Waals surface area contributed by atoms with Gasteiger partial charge in [-0.05, 0) is 60.5 Å². The lowest BCUT2D eigenvalue weighted by Crippen LogP contribution is -2.12. The Hall–Kier alpha value is -2.77. The third kappa shape index (κ3) is 3.76. The van der Waals surface area contributed by atoms with E-state index in [9.17, 15) is 0 Å². The van der Waals surface area contributed by atoms with Gasteiger partial charge in [-0.2, -0.15) is 4.98 Å². The molecule has 0 spiro atoms. The normalized spacial score (nSPS) is 10.4. The Kier molecular flexibility index (Phi) is 4.83. The summed E-state index contributed by atoms with van der Waals surface area (Å²) in [5.41, 5.74) is 8.35. The zero-order valence-electron chi connectivity index (χ0n) is 13.2. The Morgan fingerprint density at radius 2 is 1.88 bits per heavy atom. The van der Waals surface area contributed by atoms with E-state index in [1.807, 2.05) is 66.5 Å². The molecule has 0 fully saturated rings. The van der Waals surface area contributed by atoms with Gasteiger partial charge < -0.3 is 16.0 Å². The molecule has 0 aliphatic heterocycles. The Morgan fingerprint density at radius 3 is 2.62 bits per heavy atom. The van der Waals surface area contributed by atoms with Crippen molar-refractivity contribution in [3.63, 3.8) is 0 Å². The van der Waals surface area contributed by atoms with E-state index in [2.05, 4.69) is 15.3 Å². The Labute approximate surface area is 145 Å². The Balaban J connectivity index is 1.81. The molecule has 122 valence electrons. The number of nitrogens with zero attached hydrogens (tertiary/aromatic N) is 3. The van der Waals surface area contributed by atoms with Gasteiger partial charge in [-0.25, -0.2) is 4.98 Å². The zero-order chi connectivity index (χ0) is 16.9. The van der Waals surface area contributed by atoms with Crippen molar-refractivity contribution < 1.29 is 0 Å². The lowest BCUT2D eigenvalue weighted by Gasteiger charge is -2.19. The van der Waals surface area contributed by atoms with Crippen molar-refractivity contribution in [2.75, 3.05) is 23.0 Å². The number of hydrogen-bond acceptors (Lipinski definition) is 7. The molecule has 3 aromatic rings. The van der Waals surface area contributed by atoms with Crippen LogP contribution < -0.4 is 21.1 Å². The minimum atomic E-state index is 0.522. The number of aromatic nitrogens is 2. The van der Waals surface area contributed by atoms with Crippen molar-refractivity contribution >= 4 is 40.8 Å². The molecule has 3 rings (SSSR count). The van der Waals surface area contributed by atoms with Crippen LogP contribution in [0.2, 0.25) is 0 Å². The monoisotopic (exact) mass is 338 g/mol. The summed E-state index contributed by atoms with van der Waals surface area (Å²) in [4.78, 5) is 11.8. The van der Waals surface area contributed by atoms with Crippen LogP contribution in [0.15, 0.2) is 65.7 Å². The molecule has 0 aliphatic carbocycles. The van der Waals surface area contributed by atoms with E-state index in [1.54, 1.807) is 6.20 Å². The van der Waals surface area contributed by atoms with Gasteiger partial charge in [-0.15, -0.1) is 0 Å². The number of nitrogens with two attached hydrogens (primary N) is 2. The average molecular weight is 338 g/mol. The molecule has 0 aliphatic rings. The smallest absolute Gasteiger partial charge is 0.229 e. The highest BCUT2D eigenvalue weighted by Gasteiger charge is 2.07. The maximum absolute atomic E-state index is 5.73. The van der Waals surface area contributed by atoms with Crippen molar-refractivity contribution in [3.05, 3.63) is 60.8 Å². The van der Waals surface area contributed by atoms with E-state index in [-0.39, 0.29) is 0 Å². The van der Waals surface area contributed by atoms with Gasteiger partial charge >= 0.3 is 0 Å². The van der Waals surface area contributed by atoms with Crippen LogP contribution in [0.5, 0.6) is 0 Å². The van der Waals surface area contributed by atoms with Gasteiger partial charge in [0, 0.05) is 35.2 Å². The number of benzene rings is 2. The molecular formula is C17H18N6S. The standard InChI is InChI=1S/C17H18N6S/c1-23(14-7-5-12(18)6-8-14)16-9-10-20-17(22-16)21-13-3-2-4-15(11-13)24-19/h2-11H,18-19H2,1H3,(H,20,21,22). The maximum atomic E-state index is 5.73. The van der Waals surface area contributed by atoms with Crippen LogP contribution in [-0.4, -0.2) is 17.0 Å². The first-order chi connectivity index (χ1) is 11.7. The van der Waals surface area contributed by atoms with Crippen molar-refractivity contribution in [1.82, 2.24) is 9.97 Å². The molecule has 6 nitrogen and oxygen atoms in total. The topological polar surface area (TPSA) is 93.1 Å². The summed E-state index contributed by atoms with van der Waals surface area (Å²) in [7, 11) is 1.95. The SMILES string of the molecule is CN(c1ccc(N)cc1)c1ccnc(Nc2cccc(SN)c2)n1. The molecule has 0 unspecified atom stereocenters. The van der Waals surface area contributed by atoms with Gasteiger partial charge in [0.2, 0.25) is 5.95 Å². The van der Waals surface area contributed by atoms with E-state index >= 15 is 0 Å². The summed E-state index contributed by atoms with van der Waals surface area (Å²) in [5, 5.41) is 8.79. The summed E-state index contributed by atoms with van der Waals surface area (Å²) in [6.07, 6.45) is 1.72. The number of anilines is 5. The number of nitrogens with one attached hydrogen (secondary N) is 1. The van der Waals surface area contributed by atoms with Gasteiger partial charge in [-0.1, -0.05) is 6.07 Å². The maximum Gasteiger partial charge on any atom is 0.229 e. The van der Waals surface area contributed by atoms with Crippen molar-refractivity contribution in [2.24, 2.45) is 5.14 Å². The molecule has 0 bridgehead atoms. The van der Waals surface area contributed by atoms with Crippen molar-refractivity contribution in [1.29, 1.82) is 0 Å². The van der Waals surface area contributed by atoms with Gasteiger partial charge in [0.25, 0.3) is 0 Å². The fourth-order valence-corrected chi connectivity index (χ4v) is 2.55. The molecule has 0 atom stereocenters. The molecule has 1 aromatic heterocycles. The number of rotatable bonds is 5. The molecular weight excluding hydrogens is 320 g/mol. The lowest BCUT2D eigenvalue weighted by atomic mass is 10.2. The number of hydrogen-bond donors (Lipinski definition) is 3. The Bertz CT molecular complexity index is 821.